The first-order valence-corrected chi connectivity index (χ1v) is 11.6. The van der Waals surface area contributed by atoms with Crippen molar-refractivity contribution in [3.05, 3.63) is 94.8 Å². The van der Waals surface area contributed by atoms with Crippen molar-refractivity contribution < 1.29 is 27.1 Å². The Kier molecular flexibility index (Phi) is 6.17. The highest BCUT2D eigenvalue weighted by molar-refractivity contribution is 7.89. The minimum absolute atomic E-state index is 0.137. The van der Waals surface area contributed by atoms with Crippen molar-refractivity contribution in [1.29, 1.82) is 5.26 Å². The van der Waals surface area contributed by atoms with Gasteiger partial charge in [0.1, 0.15) is 28.8 Å². The van der Waals surface area contributed by atoms with E-state index in [1.807, 2.05) is 0 Å². The summed E-state index contributed by atoms with van der Waals surface area (Å²) in [5.74, 6) is -3.88. The van der Waals surface area contributed by atoms with E-state index in [9.17, 15) is 32.4 Å². The number of nitrogens with two attached hydrogens (primary N) is 1. The molecule has 0 amide bonds. The monoisotopic (exact) mass is 494 g/mol. The predicted octanol–water partition coefficient (Wildman–Crippen LogP) is 3.86. The van der Waals surface area contributed by atoms with Crippen LogP contribution in [0, 0.1) is 23.0 Å². The minimum Gasteiger partial charge on any atom is -0.506 e. The second-order valence-electron chi connectivity index (χ2n) is 7.48. The number of allylic oxidation sites excluding steroid dienone is 1. The number of sulfonamides is 1. The molecule has 1 aromatic heterocycles. The first-order chi connectivity index (χ1) is 16.6. The SMILES string of the molecule is N#CCc1c(C(=O)C(=C(O)c2cc(F)cc(F)c2)c2nc3ccccc3[nH]2)cccc1S(N)(=O)=O. The van der Waals surface area contributed by atoms with Crippen LogP contribution < -0.4 is 5.14 Å². The molecule has 4 aromatic rings. The van der Waals surface area contributed by atoms with Gasteiger partial charge in [-0.05, 0) is 35.9 Å². The van der Waals surface area contributed by atoms with Crippen LogP contribution in [-0.2, 0) is 16.4 Å². The van der Waals surface area contributed by atoms with Crippen LogP contribution in [0.15, 0.2) is 65.6 Å². The van der Waals surface area contributed by atoms with E-state index >= 15 is 0 Å². The molecule has 8 nitrogen and oxygen atoms in total. The quantitative estimate of drug-likeness (QED) is 0.210. The van der Waals surface area contributed by atoms with Crippen LogP contribution in [-0.4, -0.2) is 29.3 Å². The minimum atomic E-state index is -4.31. The normalized spacial score (nSPS) is 12.3. The topological polar surface area (TPSA) is 150 Å². The van der Waals surface area contributed by atoms with Crippen molar-refractivity contribution in [2.75, 3.05) is 0 Å². The number of nitrogens with one attached hydrogen (secondary N) is 1. The lowest BCUT2D eigenvalue weighted by Crippen LogP contribution is -2.18. The number of nitrogens with zero attached hydrogens (tertiary/aromatic N) is 2. The number of rotatable bonds is 6. The van der Waals surface area contributed by atoms with Crippen molar-refractivity contribution in [2.45, 2.75) is 11.3 Å². The lowest BCUT2D eigenvalue weighted by atomic mass is 9.94. The van der Waals surface area contributed by atoms with E-state index < -0.39 is 50.1 Å². The largest absolute Gasteiger partial charge is 0.506 e. The van der Waals surface area contributed by atoms with E-state index in [2.05, 4.69) is 9.97 Å². The summed E-state index contributed by atoms with van der Waals surface area (Å²) >= 11 is 0. The highest BCUT2D eigenvalue weighted by atomic mass is 32.2. The molecule has 0 bridgehead atoms. The fourth-order valence-corrected chi connectivity index (χ4v) is 4.47. The number of primary sulfonamides is 1. The molecule has 0 unspecified atom stereocenters. The highest BCUT2D eigenvalue weighted by Gasteiger charge is 2.28. The number of imidazole rings is 1. The van der Waals surface area contributed by atoms with E-state index in [0.29, 0.717) is 17.1 Å². The summed E-state index contributed by atoms with van der Waals surface area (Å²) in [6.07, 6.45) is -0.490. The van der Waals surface area contributed by atoms with Crippen LogP contribution in [0.1, 0.15) is 27.3 Å². The number of carbonyl (C=O) groups excluding carboxylic acids is 1. The van der Waals surface area contributed by atoms with Gasteiger partial charge in [0, 0.05) is 17.2 Å². The maximum atomic E-state index is 13.9. The van der Waals surface area contributed by atoms with E-state index in [1.165, 1.54) is 12.1 Å². The average Bonchev–Trinajstić information content (AvgIpc) is 3.21. The molecule has 0 spiro atoms. The van der Waals surface area contributed by atoms with Gasteiger partial charge in [-0.2, -0.15) is 5.26 Å². The number of H-pyrrole nitrogens is 1. The Balaban J connectivity index is 2.03. The van der Waals surface area contributed by atoms with Crippen molar-refractivity contribution in [1.82, 2.24) is 9.97 Å². The van der Waals surface area contributed by atoms with Crippen molar-refractivity contribution in [3.63, 3.8) is 0 Å². The van der Waals surface area contributed by atoms with Gasteiger partial charge in [0.05, 0.1) is 28.4 Å². The summed E-state index contributed by atoms with van der Waals surface area (Å²) in [5, 5.41) is 25.6. The molecule has 0 aliphatic rings. The molecule has 0 atom stereocenters. The first kappa shape index (κ1) is 23.7. The molecule has 176 valence electrons. The van der Waals surface area contributed by atoms with Gasteiger partial charge in [-0.25, -0.2) is 27.3 Å². The van der Waals surface area contributed by atoms with Gasteiger partial charge >= 0.3 is 0 Å². The third-order valence-electron chi connectivity index (χ3n) is 5.17. The number of benzene rings is 3. The van der Waals surface area contributed by atoms with Crippen LogP contribution in [0.5, 0.6) is 0 Å². The lowest BCUT2D eigenvalue weighted by molar-refractivity contribution is 0.105. The van der Waals surface area contributed by atoms with Gasteiger partial charge in [0.25, 0.3) is 0 Å². The molecule has 0 saturated heterocycles. The lowest BCUT2D eigenvalue weighted by Gasteiger charge is -2.13. The second kappa shape index (κ2) is 9.09. The molecular weight excluding hydrogens is 478 g/mol. The summed E-state index contributed by atoms with van der Waals surface area (Å²) in [6, 6.07) is 14.4. The molecule has 35 heavy (non-hydrogen) atoms. The zero-order chi connectivity index (χ0) is 25.3. The summed E-state index contributed by atoms with van der Waals surface area (Å²) in [6.45, 7) is 0. The highest BCUT2D eigenvalue weighted by Crippen LogP contribution is 2.31. The summed E-state index contributed by atoms with van der Waals surface area (Å²) in [5.41, 5.74) is -0.345. The molecule has 1 heterocycles. The van der Waals surface area contributed by atoms with Gasteiger partial charge in [-0.1, -0.05) is 24.3 Å². The summed E-state index contributed by atoms with van der Waals surface area (Å²) in [7, 11) is -4.31. The maximum Gasteiger partial charge on any atom is 0.238 e. The standard InChI is InChI=1S/C24H16F2N4O4S/c25-14-10-13(11-15(26)12-14)22(31)21(24-29-18-5-1-2-6-19(18)30-24)23(32)17-4-3-7-20(35(28,33)34)16(17)8-9-27/h1-7,10-12,31H,8H2,(H,29,30)(H2,28,33,34). The van der Waals surface area contributed by atoms with Crippen molar-refractivity contribution >= 4 is 38.2 Å². The van der Waals surface area contributed by atoms with Crippen LogP contribution in [0.2, 0.25) is 0 Å². The van der Waals surface area contributed by atoms with Crippen LogP contribution in [0.4, 0.5) is 8.78 Å². The number of aliphatic hydroxyl groups is 1. The molecule has 0 radical (unpaired) electrons. The summed E-state index contributed by atoms with van der Waals surface area (Å²) in [4.78, 5) is 20.5. The number of Topliss-reactive ketones (excluding diaryl/α,β-unsaturated/α-hetero) is 1. The number of nitriles is 1. The molecule has 4 rings (SSSR count). The maximum absolute atomic E-state index is 13.9. The van der Waals surface area contributed by atoms with Crippen LogP contribution in [0.3, 0.4) is 0 Å². The number of hydrogen-bond donors (Lipinski definition) is 3. The molecule has 0 fully saturated rings. The Bertz CT molecular complexity index is 1620. The first-order valence-electron chi connectivity index (χ1n) is 10.0. The fraction of sp³-hybridized carbons (Fsp3) is 0.0417. The number of carbonyl (C=O) groups is 1. The Labute approximate surface area is 198 Å². The smallest absolute Gasteiger partial charge is 0.238 e. The van der Waals surface area contributed by atoms with Crippen molar-refractivity contribution in [2.24, 2.45) is 5.14 Å². The molecule has 0 aliphatic carbocycles. The zero-order valence-electron chi connectivity index (χ0n) is 17.8. The van der Waals surface area contributed by atoms with E-state index in [0.717, 1.165) is 18.2 Å². The van der Waals surface area contributed by atoms with E-state index in [-0.39, 0.29) is 22.5 Å². The predicted molar refractivity (Wildman–Crippen MR) is 123 cm³/mol. The molecule has 4 N–H and O–H groups in total. The number of ketones is 1. The van der Waals surface area contributed by atoms with E-state index in [1.54, 1.807) is 30.3 Å². The number of fused-ring (bicyclic) bond motifs is 1. The van der Waals surface area contributed by atoms with Crippen LogP contribution >= 0.6 is 0 Å². The number of aromatic nitrogens is 2. The van der Waals surface area contributed by atoms with E-state index in [4.69, 9.17) is 5.14 Å². The number of para-hydroxylation sites is 2. The van der Waals surface area contributed by atoms with Gasteiger partial charge < -0.3 is 10.1 Å². The molecule has 11 heteroatoms. The third kappa shape index (κ3) is 4.65. The number of aliphatic hydroxyl groups excluding tert-OH is 1. The second-order valence-corrected chi connectivity index (χ2v) is 9.01. The van der Waals surface area contributed by atoms with Gasteiger partial charge in [0.2, 0.25) is 15.8 Å². The fourth-order valence-electron chi connectivity index (χ4n) is 3.67. The molecule has 0 aliphatic heterocycles. The zero-order valence-corrected chi connectivity index (χ0v) is 18.6. The average molecular weight is 494 g/mol. The van der Waals surface area contributed by atoms with Crippen LogP contribution in [0.25, 0.3) is 22.4 Å². The Hall–Kier alpha value is -4.40. The van der Waals surface area contributed by atoms with Gasteiger partial charge in [-0.15, -0.1) is 0 Å². The Morgan fingerprint density at radius 1 is 1.09 bits per heavy atom. The molecule has 3 aromatic carbocycles. The summed E-state index contributed by atoms with van der Waals surface area (Å²) < 4.78 is 52.0. The number of aromatic amines is 1. The van der Waals surface area contributed by atoms with Gasteiger partial charge in [-0.3, -0.25) is 4.79 Å². The Morgan fingerprint density at radius 2 is 1.77 bits per heavy atom. The number of halogens is 2. The molecular formula is C24H16F2N4O4S. The number of hydrogen-bond acceptors (Lipinski definition) is 6. The van der Waals surface area contributed by atoms with Gasteiger partial charge in [0.15, 0.2) is 0 Å². The molecule has 0 saturated carbocycles. The third-order valence-corrected chi connectivity index (χ3v) is 6.16. The van der Waals surface area contributed by atoms with Crippen molar-refractivity contribution in [3.8, 4) is 6.07 Å². The Morgan fingerprint density at radius 3 is 2.40 bits per heavy atom.